The van der Waals surface area contributed by atoms with Gasteiger partial charge in [-0.1, -0.05) is 6.07 Å². The van der Waals surface area contributed by atoms with Gasteiger partial charge in [0.2, 0.25) is 5.91 Å². The molecule has 0 aliphatic carbocycles. The number of rotatable bonds is 5. The molecule has 1 aromatic carbocycles. The maximum absolute atomic E-state index is 12.7. The van der Waals surface area contributed by atoms with Crippen LogP contribution < -0.4 is 15.6 Å². The Bertz CT molecular complexity index is 1040. The van der Waals surface area contributed by atoms with Crippen molar-refractivity contribution in [1.29, 1.82) is 0 Å². The van der Waals surface area contributed by atoms with E-state index in [1.807, 2.05) is 39.0 Å². The zero-order chi connectivity index (χ0) is 18.8. The Morgan fingerprint density at radius 3 is 2.81 bits per heavy atom. The van der Waals surface area contributed by atoms with Crippen LogP contribution in [0.1, 0.15) is 22.4 Å². The summed E-state index contributed by atoms with van der Waals surface area (Å²) in [6.07, 6.45) is 1.69. The number of aryl methyl sites for hydroxylation is 4. The minimum atomic E-state index is -0.181. The fraction of sp³-hybridized carbons (Fsp3) is 0.316. The molecule has 0 saturated carbocycles. The molecule has 0 bridgehead atoms. The van der Waals surface area contributed by atoms with E-state index in [-0.39, 0.29) is 24.4 Å². The summed E-state index contributed by atoms with van der Waals surface area (Å²) in [5.41, 5.74) is 2.52. The Morgan fingerprint density at radius 2 is 2.08 bits per heavy atom. The van der Waals surface area contributed by atoms with Gasteiger partial charge in [-0.3, -0.25) is 14.2 Å². The second-order valence-corrected chi connectivity index (χ2v) is 7.41. The summed E-state index contributed by atoms with van der Waals surface area (Å²) in [7, 11) is 1.56. The minimum Gasteiger partial charge on any atom is -0.495 e. The summed E-state index contributed by atoms with van der Waals surface area (Å²) in [6.45, 7) is 6.13. The van der Waals surface area contributed by atoms with Crippen LogP contribution in [0.15, 0.2) is 29.3 Å². The Labute approximate surface area is 155 Å². The molecule has 0 saturated heterocycles. The predicted octanol–water partition coefficient (Wildman–Crippen LogP) is 3.42. The number of methoxy groups -OCH3 is 1. The van der Waals surface area contributed by atoms with E-state index in [4.69, 9.17) is 4.74 Å². The molecule has 0 radical (unpaired) electrons. The average Bonchev–Trinajstić information content (AvgIpc) is 2.89. The number of thiophene rings is 1. The molecule has 26 heavy (non-hydrogen) atoms. The van der Waals surface area contributed by atoms with Gasteiger partial charge in [-0.25, -0.2) is 4.98 Å². The summed E-state index contributed by atoms with van der Waals surface area (Å²) in [5.74, 6) is 0.424. The van der Waals surface area contributed by atoms with Crippen LogP contribution in [0.4, 0.5) is 5.69 Å². The summed E-state index contributed by atoms with van der Waals surface area (Å²) < 4.78 is 6.76. The second kappa shape index (κ2) is 7.29. The molecule has 136 valence electrons. The third kappa shape index (κ3) is 3.48. The van der Waals surface area contributed by atoms with E-state index in [9.17, 15) is 9.59 Å². The molecule has 3 rings (SSSR count). The Morgan fingerprint density at radius 1 is 1.31 bits per heavy atom. The molecule has 2 aromatic heterocycles. The average molecular weight is 371 g/mol. The van der Waals surface area contributed by atoms with Crippen molar-refractivity contribution in [1.82, 2.24) is 9.55 Å². The van der Waals surface area contributed by atoms with Crippen LogP contribution in [0.3, 0.4) is 0 Å². The quantitative estimate of drug-likeness (QED) is 0.746. The van der Waals surface area contributed by atoms with Gasteiger partial charge in [0.1, 0.15) is 10.6 Å². The van der Waals surface area contributed by atoms with Gasteiger partial charge in [-0.15, -0.1) is 11.3 Å². The number of aromatic nitrogens is 2. The molecule has 3 aromatic rings. The number of nitrogens with zero attached hydrogens (tertiary/aromatic N) is 2. The molecule has 0 aliphatic rings. The van der Waals surface area contributed by atoms with Crippen LogP contribution >= 0.6 is 11.3 Å². The first-order chi connectivity index (χ1) is 12.4. The Balaban J connectivity index is 1.75. The fourth-order valence-electron chi connectivity index (χ4n) is 2.78. The second-order valence-electron chi connectivity index (χ2n) is 6.21. The van der Waals surface area contributed by atoms with E-state index in [1.54, 1.807) is 7.11 Å². The molecular formula is C19H21N3O3S. The number of carbonyl (C=O) groups is 1. The number of amides is 1. The number of hydrogen-bond acceptors (Lipinski definition) is 5. The van der Waals surface area contributed by atoms with E-state index in [2.05, 4.69) is 10.3 Å². The summed E-state index contributed by atoms with van der Waals surface area (Å²) in [6, 6.07) is 5.59. The monoisotopic (exact) mass is 371 g/mol. The van der Waals surface area contributed by atoms with Crippen molar-refractivity contribution in [2.45, 2.75) is 33.7 Å². The molecule has 0 unspecified atom stereocenters. The van der Waals surface area contributed by atoms with Gasteiger partial charge in [-0.05, 0) is 44.0 Å². The molecule has 1 amide bonds. The highest BCUT2D eigenvalue weighted by Crippen LogP contribution is 2.26. The van der Waals surface area contributed by atoms with Crippen molar-refractivity contribution < 1.29 is 9.53 Å². The SMILES string of the molecule is COc1ccc(C)cc1NC(=O)CCn1cnc2sc(C)c(C)c2c1=O. The van der Waals surface area contributed by atoms with Gasteiger partial charge in [0.25, 0.3) is 5.56 Å². The zero-order valence-corrected chi connectivity index (χ0v) is 16.1. The van der Waals surface area contributed by atoms with E-state index in [0.29, 0.717) is 16.8 Å². The smallest absolute Gasteiger partial charge is 0.262 e. The fourth-order valence-corrected chi connectivity index (χ4v) is 3.77. The number of carbonyl (C=O) groups excluding carboxylic acids is 1. The molecule has 1 N–H and O–H groups in total. The maximum Gasteiger partial charge on any atom is 0.262 e. The predicted molar refractivity (Wildman–Crippen MR) is 104 cm³/mol. The van der Waals surface area contributed by atoms with E-state index >= 15 is 0 Å². The third-order valence-electron chi connectivity index (χ3n) is 4.36. The molecule has 0 fully saturated rings. The first kappa shape index (κ1) is 18.1. The number of hydrogen-bond donors (Lipinski definition) is 1. The summed E-state index contributed by atoms with van der Waals surface area (Å²) in [5, 5.41) is 3.50. The lowest BCUT2D eigenvalue weighted by atomic mass is 10.2. The minimum absolute atomic E-state index is 0.0993. The standard InChI is InChI=1S/C19H21N3O3S/c1-11-5-6-15(25-4)14(9-11)21-16(23)7-8-22-10-20-18-17(19(22)24)12(2)13(3)26-18/h5-6,9-10H,7-8H2,1-4H3,(H,21,23). The number of nitrogens with one attached hydrogen (secondary N) is 1. The number of benzene rings is 1. The summed E-state index contributed by atoms with van der Waals surface area (Å²) >= 11 is 1.52. The van der Waals surface area contributed by atoms with Gasteiger partial charge >= 0.3 is 0 Å². The number of ether oxygens (including phenoxy) is 1. The van der Waals surface area contributed by atoms with Crippen molar-refractivity contribution in [3.05, 3.63) is 50.9 Å². The molecule has 0 atom stereocenters. The molecule has 7 heteroatoms. The lowest BCUT2D eigenvalue weighted by molar-refractivity contribution is -0.116. The van der Waals surface area contributed by atoms with E-state index < -0.39 is 0 Å². The maximum atomic E-state index is 12.7. The van der Waals surface area contributed by atoms with Gasteiger partial charge in [0, 0.05) is 17.8 Å². The van der Waals surface area contributed by atoms with Crippen molar-refractivity contribution in [3.63, 3.8) is 0 Å². The van der Waals surface area contributed by atoms with Crippen LogP contribution in [0.5, 0.6) is 5.75 Å². The first-order valence-corrected chi connectivity index (χ1v) is 9.12. The Kier molecular flexibility index (Phi) is 5.08. The van der Waals surface area contributed by atoms with Crippen molar-refractivity contribution in [2.24, 2.45) is 0 Å². The van der Waals surface area contributed by atoms with Crippen molar-refractivity contribution >= 4 is 33.1 Å². The molecule has 0 spiro atoms. The molecular weight excluding hydrogens is 350 g/mol. The van der Waals surface area contributed by atoms with Crippen molar-refractivity contribution in [3.8, 4) is 5.75 Å². The largest absolute Gasteiger partial charge is 0.495 e. The Hall–Kier alpha value is -2.67. The highest BCUT2D eigenvalue weighted by atomic mass is 32.1. The van der Waals surface area contributed by atoms with Gasteiger partial charge < -0.3 is 10.1 Å². The van der Waals surface area contributed by atoms with Crippen LogP contribution in [0.25, 0.3) is 10.2 Å². The van der Waals surface area contributed by atoms with E-state index in [1.165, 1.54) is 22.2 Å². The highest BCUT2D eigenvalue weighted by molar-refractivity contribution is 7.18. The van der Waals surface area contributed by atoms with Gasteiger partial charge in [0.15, 0.2) is 0 Å². The number of anilines is 1. The highest BCUT2D eigenvalue weighted by Gasteiger charge is 2.13. The zero-order valence-electron chi connectivity index (χ0n) is 15.3. The van der Waals surface area contributed by atoms with Crippen LogP contribution in [-0.4, -0.2) is 22.6 Å². The molecule has 6 nitrogen and oxygen atoms in total. The topological polar surface area (TPSA) is 73.2 Å². The van der Waals surface area contributed by atoms with Crippen LogP contribution in [0.2, 0.25) is 0 Å². The molecule has 2 heterocycles. The van der Waals surface area contributed by atoms with Crippen molar-refractivity contribution in [2.75, 3.05) is 12.4 Å². The lowest BCUT2D eigenvalue weighted by Crippen LogP contribution is -2.23. The van der Waals surface area contributed by atoms with Crippen LogP contribution in [-0.2, 0) is 11.3 Å². The first-order valence-electron chi connectivity index (χ1n) is 8.30. The normalized spacial score (nSPS) is 10.9. The number of fused-ring (bicyclic) bond motifs is 1. The van der Waals surface area contributed by atoms with E-state index in [0.717, 1.165) is 20.8 Å². The van der Waals surface area contributed by atoms with Crippen LogP contribution in [0, 0.1) is 20.8 Å². The lowest BCUT2D eigenvalue weighted by Gasteiger charge is -2.11. The molecule has 0 aliphatic heterocycles. The summed E-state index contributed by atoms with van der Waals surface area (Å²) in [4.78, 5) is 31.2. The third-order valence-corrected chi connectivity index (χ3v) is 5.48. The van der Waals surface area contributed by atoms with Gasteiger partial charge in [0.05, 0.1) is 24.5 Å². The van der Waals surface area contributed by atoms with Gasteiger partial charge in [-0.2, -0.15) is 0 Å².